The fourth-order valence-corrected chi connectivity index (χ4v) is 2.32. The molecule has 1 amide bonds. The van der Waals surface area contributed by atoms with Gasteiger partial charge in [-0.3, -0.25) is 4.79 Å². The van der Waals surface area contributed by atoms with Crippen molar-refractivity contribution >= 4 is 45.1 Å². The summed E-state index contributed by atoms with van der Waals surface area (Å²) in [4.78, 5) is 23.6. The molecule has 2 aromatic carbocycles. The molecule has 23 heavy (non-hydrogen) atoms. The summed E-state index contributed by atoms with van der Waals surface area (Å²) in [5.41, 5.74) is 1.39. The third kappa shape index (κ3) is 4.77. The summed E-state index contributed by atoms with van der Waals surface area (Å²) in [5.74, 6) is -1.89. The Balaban J connectivity index is 1.94. The second-order valence-electron chi connectivity index (χ2n) is 4.71. The Morgan fingerprint density at radius 2 is 2.00 bits per heavy atom. The van der Waals surface area contributed by atoms with Gasteiger partial charge in [0.15, 0.2) is 6.61 Å². The minimum Gasteiger partial charge on any atom is -0.452 e. The summed E-state index contributed by atoms with van der Waals surface area (Å²) < 4.78 is 18.4. The predicted molar refractivity (Wildman–Crippen MR) is 89.2 cm³/mol. The molecule has 0 aliphatic carbocycles. The Labute approximate surface area is 145 Å². The first kappa shape index (κ1) is 17.4. The van der Waals surface area contributed by atoms with Crippen molar-refractivity contribution in [2.75, 3.05) is 11.9 Å². The van der Waals surface area contributed by atoms with E-state index in [2.05, 4.69) is 21.2 Å². The molecular formula is C16H12BrClFNO3. The van der Waals surface area contributed by atoms with Gasteiger partial charge in [0.25, 0.3) is 5.91 Å². The summed E-state index contributed by atoms with van der Waals surface area (Å²) in [7, 11) is 0. The lowest BCUT2D eigenvalue weighted by atomic mass is 10.2. The van der Waals surface area contributed by atoms with Gasteiger partial charge >= 0.3 is 5.97 Å². The van der Waals surface area contributed by atoms with E-state index in [1.54, 1.807) is 18.2 Å². The fourth-order valence-electron chi connectivity index (χ4n) is 1.73. The van der Waals surface area contributed by atoms with Gasteiger partial charge in [0, 0.05) is 15.2 Å². The van der Waals surface area contributed by atoms with E-state index in [-0.39, 0.29) is 5.56 Å². The molecular weight excluding hydrogens is 389 g/mol. The van der Waals surface area contributed by atoms with Crippen LogP contribution in [0.2, 0.25) is 5.02 Å². The van der Waals surface area contributed by atoms with Gasteiger partial charge in [-0.05, 0) is 58.7 Å². The third-order valence-corrected chi connectivity index (χ3v) is 4.04. The van der Waals surface area contributed by atoms with Gasteiger partial charge in [-0.25, -0.2) is 9.18 Å². The number of anilines is 1. The monoisotopic (exact) mass is 399 g/mol. The maximum absolute atomic E-state index is 13.1. The highest BCUT2D eigenvalue weighted by molar-refractivity contribution is 9.10. The van der Waals surface area contributed by atoms with E-state index in [1.165, 1.54) is 12.1 Å². The number of amides is 1. The molecule has 0 aromatic heterocycles. The standard InChI is InChI=1S/C16H12BrClFNO3/c1-9-2-4-11(7-14(9)18)20-15(21)8-23-16(22)12-6-10(19)3-5-13(12)17/h2-7H,8H2,1H3,(H,20,21). The number of ether oxygens (including phenoxy) is 1. The van der Waals surface area contributed by atoms with Crippen LogP contribution >= 0.6 is 27.5 Å². The van der Waals surface area contributed by atoms with Crippen LogP contribution in [0.3, 0.4) is 0 Å². The number of hydrogen-bond donors (Lipinski definition) is 1. The Kier molecular flexibility index (Phi) is 5.74. The third-order valence-electron chi connectivity index (χ3n) is 2.94. The number of carbonyl (C=O) groups excluding carboxylic acids is 2. The van der Waals surface area contributed by atoms with Gasteiger partial charge in [-0.1, -0.05) is 17.7 Å². The summed E-state index contributed by atoms with van der Waals surface area (Å²) in [6, 6.07) is 8.66. The van der Waals surface area contributed by atoms with Crippen LogP contribution in [0, 0.1) is 12.7 Å². The van der Waals surface area contributed by atoms with Gasteiger partial charge < -0.3 is 10.1 Å². The normalized spacial score (nSPS) is 10.3. The minimum absolute atomic E-state index is 0.0104. The second kappa shape index (κ2) is 7.57. The molecule has 7 heteroatoms. The van der Waals surface area contributed by atoms with E-state index >= 15 is 0 Å². The van der Waals surface area contributed by atoms with Gasteiger partial charge in [0.2, 0.25) is 0 Å². The average Bonchev–Trinajstić information content (AvgIpc) is 2.51. The molecule has 0 unspecified atom stereocenters. The lowest BCUT2D eigenvalue weighted by Crippen LogP contribution is -2.21. The van der Waals surface area contributed by atoms with Crippen LogP contribution in [0.1, 0.15) is 15.9 Å². The SMILES string of the molecule is Cc1ccc(NC(=O)COC(=O)c2cc(F)ccc2Br)cc1Cl. The van der Waals surface area contributed by atoms with Crippen LogP contribution in [-0.4, -0.2) is 18.5 Å². The molecule has 0 bridgehead atoms. The Bertz CT molecular complexity index is 767. The molecule has 4 nitrogen and oxygen atoms in total. The van der Waals surface area contributed by atoms with Gasteiger partial charge in [0.1, 0.15) is 5.82 Å². The van der Waals surface area contributed by atoms with Crippen molar-refractivity contribution in [3.8, 4) is 0 Å². The van der Waals surface area contributed by atoms with Crippen molar-refractivity contribution in [3.05, 3.63) is 62.8 Å². The van der Waals surface area contributed by atoms with E-state index in [4.69, 9.17) is 16.3 Å². The van der Waals surface area contributed by atoms with Gasteiger partial charge in [-0.2, -0.15) is 0 Å². The molecule has 2 rings (SSSR count). The molecule has 0 spiro atoms. The zero-order chi connectivity index (χ0) is 17.0. The highest BCUT2D eigenvalue weighted by Crippen LogP contribution is 2.20. The van der Waals surface area contributed by atoms with E-state index in [1.807, 2.05) is 6.92 Å². The van der Waals surface area contributed by atoms with Crippen molar-refractivity contribution in [2.24, 2.45) is 0 Å². The van der Waals surface area contributed by atoms with E-state index < -0.39 is 24.3 Å². The largest absolute Gasteiger partial charge is 0.452 e. The van der Waals surface area contributed by atoms with Crippen molar-refractivity contribution in [2.45, 2.75) is 6.92 Å². The van der Waals surface area contributed by atoms with Crippen LogP contribution < -0.4 is 5.32 Å². The number of aryl methyl sites for hydroxylation is 1. The van der Waals surface area contributed by atoms with E-state index in [9.17, 15) is 14.0 Å². The lowest BCUT2D eigenvalue weighted by Gasteiger charge is -2.08. The number of hydrogen-bond acceptors (Lipinski definition) is 3. The molecule has 0 heterocycles. The zero-order valence-corrected chi connectivity index (χ0v) is 14.4. The van der Waals surface area contributed by atoms with Crippen molar-refractivity contribution in [3.63, 3.8) is 0 Å². The molecule has 0 atom stereocenters. The Morgan fingerprint density at radius 3 is 2.70 bits per heavy atom. The van der Waals surface area contributed by atoms with Crippen molar-refractivity contribution in [1.82, 2.24) is 0 Å². The molecule has 0 aliphatic rings. The number of esters is 1. The quantitative estimate of drug-likeness (QED) is 0.777. The zero-order valence-electron chi connectivity index (χ0n) is 12.0. The Hall–Kier alpha value is -1.92. The number of nitrogens with one attached hydrogen (secondary N) is 1. The van der Waals surface area contributed by atoms with Gasteiger partial charge in [-0.15, -0.1) is 0 Å². The van der Waals surface area contributed by atoms with Crippen molar-refractivity contribution in [1.29, 1.82) is 0 Å². The number of benzene rings is 2. The van der Waals surface area contributed by atoms with Crippen LogP contribution in [0.15, 0.2) is 40.9 Å². The van der Waals surface area contributed by atoms with Gasteiger partial charge in [0.05, 0.1) is 5.56 Å². The molecule has 120 valence electrons. The Morgan fingerprint density at radius 1 is 1.26 bits per heavy atom. The summed E-state index contributed by atoms with van der Waals surface area (Å²) >= 11 is 9.08. The smallest absolute Gasteiger partial charge is 0.339 e. The molecule has 0 aliphatic heterocycles. The predicted octanol–water partition coefficient (Wildman–Crippen LogP) is 4.35. The number of halogens is 3. The topological polar surface area (TPSA) is 55.4 Å². The first-order chi connectivity index (χ1) is 10.9. The molecule has 0 radical (unpaired) electrons. The maximum atomic E-state index is 13.1. The molecule has 0 fully saturated rings. The molecule has 0 saturated heterocycles. The number of rotatable bonds is 4. The molecule has 2 aromatic rings. The second-order valence-corrected chi connectivity index (χ2v) is 5.97. The van der Waals surface area contributed by atoms with Crippen molar-refractivity contribution < 1.29 is 18.7 Å². The lowest BCUT2D eigenvalue weighted by molar-refractivity contribution is -0.119. The fraction of sp³-hybridized carbons (Fsp3) is 0.125. The first-order valence-corrected chi connectivity index (χ1v) is 7.72. The summed E-state index contributed by atoms with van der Waals surface area (Å²) in [6.45, 7) is 1.35. The van der Waals surface area contributed by atoms with E-state index in [0.717, 1.165) is 11.6 Å². The van der Waals surface area contributed by atoms with Crippen LogP contribution in [0.4, 0.5) is 10.1 Å². The number of carbonyl (C=O) groups is 2. The summed E-state index contributed by atoms with van der Waals surface area (Å²) in [5, 5.41) is 3.07. The minimum atomic E-state index is -0.798. The van der Waals surface area contributed by atoms with E-state index in [0.29, 0.717) is 15.2 Å². The highest BCUT2D eigenvalue weighted by atomic mass is 79.9. The molecule has 0 saturated carbocycles. The average molecular weight is 401 g/mol. The molecule has 1 N–H and O–H groups in total. The summed E-state index contributed by atoms with van der Waals surface area (Å²) in [6.07, 6.45) is 0. The van der Waals surface area contributed by atoms with Crippen LogP contribution in [-0.2, 0) is 9.53 Å². The maximum Gasteiger partial charge on any atom is 0.339 e. The van der Waals surface area contributed by atoms with Crippen LogP contribution in [0.25, 0.3) is 0 Å². The van der Waals surface area contributed by atoms with Crippen LogP contribution in [0.5, 0.6) is 0 Å². The first-order valence-electron chi connectivity index (χ1n) is 6.55. The highest BCUT2D eigenvalue weighted by Gasteiger charge is 2.14.